The highest BCUT2D eigenvalue weighted by molar-refractivity contribution is 7.98. The Balaban J connectivity index is 1.69. The van der Waals surface area contributed by atoms with Gasteiger partial charge >= 0.3 is 0 Å². The summed E-state index contributed by atoms with van der Waals surface area (Å²) in [5.74, 6) is 1.07. The number of benzene rings is 3. The second kappa shape index (κ2) is 14.6. The van der Waals surface area contributed by atoms with Gasteiger partial charge in [0.25, 0.3) is 0 Å². The van der Waals surface area contributed by atoms with Gasteiger partial charge in [0, 0.05) is 6.54 Å². The summed E-state index contributed by atoms with van der Waals surface area (Å²) in [5, 5.41) is 17.0. The number of nitriles is 1. The second-order valence-corrected chi connectivity index (χ2v) is 10.7. The van der Waals surface area contributed by atoms with Gasteiger partial charge in [-0.1, -0.05) is 105 Å². The molecular formula is C32H39N3OS. The molecule has 0 bridgehead atoms. The lowest BCUT2D eigenvalue weighted by Gasteiger charge is -2.31. The summed E-state index contributed by atoms with van der Waals surface area (Å²) >= 11 is 1.75. The van der Waals surface area contributed by atoms with Gasteiger partial charge in [0.2, 0.25) is 5.91 Å². The highest BCUT2D eigenvalue weighted by Crippen LogP contribution is 2.36. The molecule has 0 spiro atoms. The Morgan fingerprint density at radius 2 is 1.46 bits per heavy atom. The number of carbonyl (C=O) groups is 1. The number of amides is 1. The summed E-state index contributed by atoms with van der Waals surface area (Å²) in [7, 11) is 0. The van der Waals surface area contributed by atoms with Crippen LogP contribution in [-0.4, -0.2) is 30.5 Å². The van der Waals surface area contributed by atoms with E-state index in [1.54, 1.807) is 11.8 Å². The van der Waals surface area contributed by atoms with Crippen LogP contribution in [0.4, 0.5) is 0 Å². The minimum atomic E-state index is -0.561. The smallest absolute Gasteiger partial charge is 0.237 e. The summed E-state index contributed by atoms with van der Waals surface area (Å²) < 4.78 is 0. The van der Waals surface area contributed by atoms with E-state index in [0.29, 0.717) is 13.0 Å². The molecule has 2 N–H and O–H groups in total. The zero-order valence-electron chi connectivity index (χ0n) is 22.2. The molecule has 0 aliphatic rings. The van der Waals surface area contributed by atoms with Crippen LogP contribution in [0.1, 0.15) is 55.8 Å². The fourth-order valence-corrected chi connectivity index (χ4v) is 5.33. The summed E-state index contributed by atoms with van der Waals surface area (Å²) in [6.07, 6.45) is 4.24. The molecule has 0 aromatic heterocycles. The van der Waals surface area contributed by atoms with Gasteiger partial charge in [0.05, 0.1) is 23.6 Å². The molecule has 0 unspecified atom stereocenters. The molecule has 5 heteroatoms. The fraction of sp³-hybridized carbons (Fsp3) is 0.375. The van der Waals surface area contributed by atoms with Gasteiger partial charge in [-0.15, -0.1) is 0 Å². The van der Waals surface area contributed by atoms with E-state index in [9.17, 15) is 10.1 Å². The quantitative estimate of drug-likeness (QED) is 0.242. The van der Waals surface area contributed by atoms with E-state index >= 15 is 0 Å². The van der Waals surface area contributed by atoms with E-state index in [0.717, 1.165) is 35.3 Å². The predicted molar refractivity (Wildman–Crippen MR) is 155 cm³/mol. The minimum Gasteiger partial charge on any atom is -0.355 e. The molecule has 3 aromatic carbocycles. The van der Waals surface area contributed by atoms with Crippen LogP contribution < -0.4 is 10.6 Å². The SMILES string of the molecule is CSCC[C@@H](NC(c1ccccc1)c1ccccc1)C(=O)NCCC[C@](C#N)(c1ccccc1)C(C)C. The van der Waals surface area contributed by atoms with Gasteiger partial charge in [-0.25, -0.2) is 0 Å². The topological polar surface area (TPSA) is 64.9 Å². The Kier molecular flexibility index (Phi) is 11.3. The van der Waals surface area contributed by atoms with Crippen LogP contribution in [0.15, 0.2) is 91.0 Å². The molecule has 1 amide bonds. The zero-order chi connectivity index (χ0) is 26.5. The Labute approximate surface area is 226 Å². The van der Waals surface area contributed by atoms with Gasteiger partial charge < -0.3 is 5.32 Å². The van der Waals surface area contributed by atoms with Crippen molar-refractivity contribution >= 4 is 17.7 Å². The van der Waals surface area contributed by atoms with Gasteiger partial charge in [0.15, 0.2) is 0 Å². The molecule has 0 aliphatic heterocycles. The highest BCUT2D eigenvalue weighted by Gasteiger charge is 2.35. The maximum absolute atomic E-state index is 13.4. The molecular weight excluding hydrogens is 474 g/mol. The standard InChI is InChI=1S/C32H39N3OS/c1-25(2)32(24-33,28-18-11-6-12-19-28)21-13-22-34-31(36)29(20-23-37-3)35-30(26-14-7-4-8-15-26)27-16-9-5-10-17-27/h4-12,14-19,25,29-30,35H,13,20-23H2,1-3H3,(H,34,36)/t29-,32-/m1/s1. The van der Waals surface area contributed by atoms with Crippen LogP contribution in [0.25, 0.3) is 0 Å². The number of rotatable bonds is 14. The number of thioether (sulfide) groups is 1. The van der Waals surface area contributed by atoms with Gasteiger partial charge in [-0.2, -0.15) is 17.0 Å². The van der Waals surface area contributed by atoms with Gasteiger partial charge in [-0.3, -0.25) is 10.1 Å². The molecule has 0 saturated carbocycles. The third-order valence-corrected chi connectivity index (χ3v) is 7.73. The van der Waals surface area contributed by atoms with Crippen LogP contribution in [0.2, 0.25) is 0 Å². The number of hydrogen-bond donors (Lipinski definition) is 2. The van der Waals surface area contributed by atoms with Crippen molar-refractivity contribution in [1.82, 2.24) is 10.6 Å². The number of hydrogen-bond acceptors (Lipinski definition) is 4. The monoisotopic (exact) mass is 513 g/mol. The van der Waals surface area contributed by atoms with E-state index in [1.165, 1.54) is 0 Å². The first-order valence-corrected chi connectivity index (χ1v) is 14.5. The van der Waals surface area contributed by atoms with Gasteiger partial charge in [-0.05, 0) is 53.9 Å². The van der Waals surface area contributed by atoms with E-state index in [1.807, 2.05) is 66.7 Å². The number of nitrogens with zero attached hydrogens (tertiary/aromatic N) is 1. The first-order chi connectivity index (χ1) is 18.0. The van der Waals surface area contributed by atoms with Crippen LogP contribution in [-0.2, 0) is 10.2 Å². The first kappa shape index (κ1) is 28.5. The van der Waals surface area contributed by atoms with Crippen molar-refractivity contribution in [2.24, 2.45) is 5.92 Å². The van der Waals surface area contributed by atoms with E-state index in [-0.39, 0.29) is 23.9 Å². The van der Waals surface area contributed by atoms with E-state index in [4.69, 9.17) is 0 Å². The molecule has 3 rings (SSSR count). The fourth-order valence-electron chi connectivity index (χ4n) is 4.86. The molecule has 0 heterocycles. The second-order valence-electron chi connectivity index (χ2n) is 9.75. The van der Waals surface area contributed by atoms with Crippen LogP contribution in [0.5, 0.6) is 0 Å². The lowest BCUT2D eigenvalue weighted by molar-refractivity contribution is -0.123. The maximum Gasteiger partial charge on any atom is 0.237 e. The molecule has 4 nitrogen and oxygen atoms in total. The summed E-state index contributed by atoms with van der Waals surface area (Å²) in [4.78, 5) is 13.4. The average Bonchev–Trinajstić information content (AvgIpc) is 2.94. The normalized spacial score (nSPS) is 13.6. The van der Waals surface area contributed by atoms with Crippen LogP contribution >= 0.6 is 11.8 Å². The van der Waals surface area contributed by atoms with Crippen molar-refractivity contribution in [2.75, 3.05) is 18.6 Å². The van der Waals surface area contributed by atoms with Crippen molar-refractivity contribution in [2.45, 2.75) is 50.6 Å². The van der Waals surface area contributed by atoms with Crippen LogP contribution in [0.3, 0.4) is 0 Å². The molecule has 194 valence electrons. The van der Waals surface area contributed by atoms with Crippen molar-refractivity contribution in [3.8, 4) is 6.07 Å². The molecule has 0 aliphatic carbocycles. The van der Waals surface area contributed by atoms with E-state index in [2.05, 4.69) is 61.1 Å². The molecule has 0 saturated heterocycles. The number of nitrogens with one attached hydrogen (secondary N) is 2. The molecule has 3 aromatic rings. The third kappa shape index (κ3) is 7.71. The molecule has 2 atom stereocenters. The number of carbonyl (C=O) groups excluding carboxylic acids is 1. The summed E-state index contributed by atoms with van der Waals surface area (Å²) in [6.45, 7) is 4.75. The summed E-state index contributed by atoms with van der Waals surface area (Å²) in [6, 6.07) is 32.8. The maximum atomic E-state index is 13.4. The largest absolute Gasteiger partial charge is 0.355 e. The highest BCUT2D eigenvalue weighted by atomic mass is 32.2. The third-order valence-electron chi connectivity index (χ3n) is 7.08. The predicted octanol–water partition coefficient (Wildman–Crippen LogP) is 6.50. The minimum absolute atomic E-state index is 0.0118. The Hall–Kier alpha value is -3.07. The van der Waals surface area contributed by atoms with E-state index < -0.39 is 5.41 Å². The zero-order valence-corrected chi connectivity index (χ0v) is 23.0. The van der Waals surface area contributed by atoms with Crippen LogP contribution in [0, 0.1) is 17.2 Å². The molecule has 0 radical (unpaired) electrons. The average molecular weight is 514 g/mol. The van der Waals surface area contributed by atoms with Crippen molar-refractivity contribution in [1.29, 1.82) is 5.26 Å². The first-order valence-electron chi connectivity index (χ1n) is 13.1. The lowest BCUT2D eigenvalue weighted by atomic mass is 9.70. The Morgan fingerprint density at radius 3 is 1.95 bits per heavy atom. The molecule has 0 fully saturated rings. The Bertz CT molecular complexity index is 1080. The van der Waals surface area contributed by atoms with Gasteiger partial charge in [0.1, 0.15) is 0 Å². The lowest BCUT2D eigenvalue weighted by Crippen LogP contribution is -2.46. The van der Waals surface area contributed by atoms with Crippen molar-refractivity contribution in [3.05, 3.63) is 108 Å². The summed E-state index contributed by atoms with van der Waals surface area (Å²) in [5.41, 5.74) is 2.75. The van der Waals surface area contributed by atoms with Crippen molar-refractivity contribution in [3.63, 3.8) is 0 Å². The molecule has 37 heavy (non-hydrogen) atoms. The van der Waals surface area contributed by atoms with Crippen molar-refractivity contribution < 1.29 is 4.79 Å². The Morgan fingerprint density at radius 1 is 0.919 bits per heavy atom.